The third kappa shape index (κ3) is 4.62. The van der Waals surface area contributed by atoms with E-state index in [0.717, 1.165) is 17.8 Å². The van der Waals surface area contributed by atoms with E-state index in [1.165, 1.54) is 6.20 Å². The molecule has 0 saturated carbocycles. The van der Waals surface area contributed by atoms with Crippen LogP contribution in [-0.2, 0) is 4.74 Å². The lowest BCUT2D eigenvalue weighted by molar-refractivity contribution is 0.0204. The molecule has 3 heterocycles. The van der Waals surface area contributed by atoms with Crippen molar-refractivity contribution in [1.82, 2.24) is 20.3 Å². The second-order valence-corrected chi connectivity index (χ2v) is 7.90. The highest BCUT2D eigenvalue weighted by atomic mass is 35.5. The minimum absolute atomic E-state index is 0.171. The summed E-state index contributed by atoms with van der Waals surface area (Å²) in [5.74, 6) is -1.15. The standard InChI is InChI=1S/C17H22ClN5O4S/c1-3-6-27-11-8-23(17-19-7-12(28-17)16(25)26)5-4-10(11)21-15(24)14-20-9(2)13(18)22-14/h7,10-11H,3-6,8H2,1-2H3,(H,20,22)(H,21,24)(H,25,26)/t10?,11-/m0/s1. The van der Waals surface area contributed by atoms with Crippen molar-refractivity contribution in [2.24, 2.45) is 0 Å². The van der Waals surface area contributed by atoms with Gasteiger partial charge in [0.25, 0.3) is 5.91 Å². The lowest BCUT2D eigenvalue weighted by atomic mass is 10.0. The highest BCUT2D eigenvalue weighted by Crippen LogP contribution is 2.27. The van der Waals surface area contributed by atoms with E-state index in [2.05, 4.69) is 20.3 Å². The summed E-state index contributed by atoms with van der Waals surface area (Å²) in [4.78, 5) is 36.9. The van der Waals surface area contributed by atoms with Gasteiger partial charge < -0.3 is 25.0 Å². The van der Waals surface area contributed by atoms with Crippen LogP contribution in [0.5, 0.6) is 0 Å². The first-order valence-electron chi connectivity index (χ1n) is 8.97. The zero-order chi connectivity index (χ0) is 20.3. The van der Waals surface area contributed by atoms with E-state index >= 15 is 0 Å². The number of hydrogen-bond acceptors (Lipinski definition) is 7. The fourth-order valence-electron chi connectivity index (χ4n) is 2.99. The zero-order valence-corrected chi connectivity index (χ0v) is 17.1. The molecule has 0 bridgehead atoms. The van der Waals surface area contributed by atoms with Crippen molar-refractivity contribution in [1.29, 1.82) is 0 Å². The SMILES string of the molecule is CCCO[C@H]1CN(c2ncc(C(=O)O)s2)CCC1NC(=O)c1nc(Cl)c(C)[nH]1. The zero-order valence-electron chi connectivity index (χ0n) is 15.6. The third-order valence-corrected chi connectivity index (χ3v) is 5.84. The Morgan fingerprint density at radius 2 is 2.32 bits per heavy atom. The molecule has 1 unspecified atom stereocenters. The molecule has 1 amide bonds. The number of aryl methyl sites for hydroxylation is 1. The fourth-order valence-corrected chi connectivity index (χ4v) is 3.91. The number of imidazole rings is 1. The molecule has 1 saturated heterocycles. The number of nitrogens with zero attached hydrogens (tertiary/aromatic N) is 3. The predicted octanol–water partition coefficient (Wildman–Crippen LogP) is 2.33. The summed E-state index contributed by atoms with van der Waals surface area (Å²) in [6.07, 6.45) is 2.60. The van der Waals surface area contributed by atoms with Gasteiger partial charge in [0.05, 0.1) is 24.0 Å². The van der Waals surface area contributed by atoms with Crippen molar-refractivity contribution < 1.29 is 19.4 Å². The average Bonchev–Trinajstić information content (AvgIpc) is 3.28. The Balaban J connectivity index is 1.69. The van der Waals surface area contributed by atoms with E-state index in [9.17, 15) is 9.59 Å². The number of aromatic amines is 1. The van der Waals surface area contributed by atoms with Crippen LogP contribution in [0, 0.1) is 6.92 Å². The number of aromatic carboxylic acids is 1. The molecule has 2 aromatic rings. The van der Waals surface area contributed by atoms with Crippen LogP contribution in [0.2, 0.25) is 5.15 Å². The lowest BCUT2D eigenvalue weighted by Gasteiger charge is -2.38. The van der Waals surface area contributed by atoms with Gasteiger partial charge in [0, 0.05) is 19.7 Å². The monoisotopic (exact) mass is 427 g/mol. The van der Waals surface area contributed by atoms with E-state index in [-0.39, 0.29) is 33.9 Å². The number of piperidine rings is 1. The van der Waals surface area contributed by atoms with Crippen molar-refractivity contribution in [3.63, 3.8) is 0 Å². The molecule has 0 spiro atoms. The van der Waals surface area contributed by atoms with E-state index in [1.807, 2.05) is 11.8 Å². The first kappa shape index (κ1) is 20.6. The number of H-pyrrole nitrogens is 1. The maximum Gasteiger partial charge on any atom is 0.347 e. The van der Waals surface area contributed by atoms with Crippen LogP contribution in [0.25, 0.3) is 0 Å². The van der Waals surface area contributed by atoms with Gasteiger partial charge in [-0.05, 0) is 19.8 Å². The summed E-state index contributed by atoms with van der Waals surface area (Å²) in [5.41, 5.74) is 0.637. The van der Waals surface area contributed by atoms with Crippen LogP contribution < -0.4 is 10.2 Å². The number of carboxylic acid groups (broad SMARTS) is 1. The molecular formula is C17H22ClN5O4S. The fraction of sp³-hybridized carbons (Fsp3) is 0.529. The van der Waals surface area contributed by atoms with Crippen LogP contribution in [0.15, 0.2) is 6.20 Å². The van der Waals surface area contributed by atoms with Gasteiger partial charge in [0.15, 0.2) is 16.1 Å². The molecule has 0 aromatic carbocycles. The molecule has 1 aliphatic heterocycles. The van der Waals surface area contributed by atoms with Gasteiger partial charge in [-0.15, -0.1) is 0 Å². The van der Waals surface area contributed by atoms with Gasteiger partial charge in [-0.3, -0.25) is 4.79 Å². The molecule has 2 aromatic heterocycles. The molecule has 152 valence electrons. The Kier molecular flexibility index (Phi) is 6.53. The number of halogens is 1. The number of carbonyl (C=O) groups is 2. The average molecular weight is 428 g/mol. The first-order chi connectivity index (χ1) is 13.4. The maximum atomic E-state index is 12.5. The second kappa shape index (κ2) is 8.89. The molecule has 3 N–H and O–H groups in total. The van der Waals surface area contributed by atoms with Gasteiger partial charge in [0.1, 0.15) is 4.88 Å². The summed E-state index contributed by atoms with van der Waals surface area (Å²) < 4.78 is 5.96. The van der Waals surface area contributed by atoms with Crippen LogP contribution >= 0.6 is 22.9 Å². The number of carbonyl (C=O) groups excluding carboxylic acids is 1. The summed E-state index contributed by atoms with van der Waals surface area (Å²) in [7, 11) is 0. The summed E-state index contributed by atoms with van der Waals surface area (Å²) in [6.45, 7) is 5.46. The second-order valence-electron chi connectivity index (χ2n) is 6.54. The van der Waals surface area contributed by atoms with E-state index in [4.69, 9.17) is 21.4 Å². The number of nitrogens with one attached hydrogen (secondary N) is 2. The molecule has 0 radical (unpaired) electrons. The topological polar surface area (TPSA) is 120 Å². The van der Waals surface area contributed by atoms with Gasteiger partial charge >= 0.3 is 5.97 Å². The Morgan fingerprint density at radius 3 is 2.93 bits per heavy atom. The highest BCUT2D eigenvalue weighted by molar-refractivity contribution is 7.17. The lowest BCUT2D eigenvalue weighted by Crippen LogP contribution is -2.55. The van der Waals surface area contributed by atoms with E-state index in [1.54, 1.807) is 6.92 Å². The Labute approximate surface area is 171 Å². The molecule has 1 aliphatic rings. The molecular weight excluding hydrogens is 406 g/mol. The molecule has 1 fully saturated rings. The Bertz CT molecular complexity index is 835. The highest BCUT2D eigenvalue weighted by Gasteiger charge is 2.33. The molecule has 2 atom stereocenters. The minimum Gasteiger partial charge on any atom is -0.477 e. The normalized spacial score (nSPS) is 19.6. The van der Waals surface area contributed by atoms with E-state index in [0.29, 0.717) is 36.9 Å². The molecule has 11 heteroatoms. The third-order valence-electron chi connectivity index (χ3n) is 4.43. The Hall–Kier alpha value is -2.17. The van der Waals surface area contributed by atoms with Crippen LogP contribution in [-0.4, -0.2) is 63.8 Å². The number of thiazole rings is 1. The van der Waals surface area contributed by atoms with Crippen LogP contribution in [0.1, 0.15) is 45.7 Å². The number of rotatable bonds is 7. The van der Waals surface area contributed by atoms with Crippen molar-refractivity contribution in [2.45, 2.75) is 38.8 Å². The largest absolute Gasteiger partial charge is 0.477 e. The maximum absolute atomic E-state index is 12.5. The molecule has 28 heavy (non-hydrogen) atoms. The Morgan fingerprint density at radius 1 is 1.54 bits per heavy atom. The van der Waals surface area contributed by atoms with Gasteiger partial charge in [-0.2, -0.15) is 0 Å². The van der Waals surface area contributed by atoms with E-state index < -0.39 is 5.97 Å². The molecule has 3 rings (SSSR count). The number of amides is 1. The summed E-state index contributed by atoms with van der Waals surface area (Å²) in [6, 6.07) is -0.196. The summed E-state index contributed by atoms with van der Waals surface area (Å²) >= 11 is 7.06. The number of hydrogen-bond donors (Lipinski definition) is 3. The minimum atomic E-state index is -0.989. The number of anilines is 1. The van der Waals surface area contributed by atoms with Gasteiger partial charge in [0.2, 0.25) is 0 Å². The predicted molar refractivity (Wildman–Crippen MR) is 106 cm³/mol. The summed E-state index contributed by atoms with van der Waals surface area (Å²) in [5, 5.41) is 13.0. The van der Waals surface area contributed by atoms with Crippen molar-refractivity contribution in [3.05, 3.63) is 27.7 Å². The number of carboxylic acids is 1. The van der Waals surface area contributed by atoms with Crippen molar-refractivity contribution in [3.8, 4) is 0 Å². The molecule has 9 nitrogen and oxygen atoms in total. The smallest absolute Gasteiger partial charge is 0.347 e. The first-order valence-corrected chi connectivity index (χ1v) is 10.2. The van der Waals surface area contributed by atoms with Crippen LogP contribution in [0.4, 0.5) is 5.13 Å². The number of aromatic nitrogens is 3. The van der Waals surface area contributed by atoms with Crippen molar-refractivity contribution in [2.75, 3.05) is 24.6 Å². The van der Waals surface area contributed by atoms with Gasteiger partial charge in [-0.1, -0.05) is 29.9 Å². The molecule has 0 aliphatic carbocycles. The van der Waals surface area contributed by atoms with Gasteiger partial charge in [-0.25, -0.2) is 14.8 Å². The van der Waals surface area contributed by atoms with Crippen molar-refractivity contribution >= 4 is 39.9 Å². The number of ether oxygens (including phenoxy) is 1. The quantitative estimate of drug-likeness (QED) is 0.620. The van der Waals surface area contributed by atoms with Crippen LogP contribution in [0.3, 0.4) is 0 Å².